The Kier molecular flexibility index (Phi) is 6.65. The van der Waals surface area contributed by atoms with Gasteiger partial charge in [0.2, 0.25) is 0 Å². The average molecular weight is 418 g/mol. The van der Waals surface area contributed by atoms with E-state index in [4.69, 9.17) is 21.1 Å². The second-order valence-corrected chi connectivity index (χ2v) is 7.54. The number of benzene rings is 2. The van der Waals surface area contributed by atoms with Gasteiger partial charge in [-0.3, -0.25) is 14.5 Å². The molecule has 0 radical (unpaired) electrons. The third-order valence-electron chi connectivity index (χ3n) is 4.01. The molecule has 5 nitrogen and oxygen atoms in total. The summed E-state index contributed by atoms with van der Waals surface area (Å²) in [4.78, 5) is 26.5. The number of halogens is 1. The number of thioether (sulfide) groups is 1. The monoisotopic (exact) mass is 417 g/mol. The van der Waals surface area contributed by atoms with Gasteiger partial charge in [0.15, 0.2) is 0 Å². The lowest BCUT2D eigenvalue weighted by Gasteiger charge is -2.13. The second-order valence-electron chi connectivity index (χ2n) is 6.11. The van der Waals surface area contributed by atoms with Crippen molar-refractivity contribution in [2.24, 2.45) is 0 Å². The average Bonchev–Trinajstić information content (AvgIpc) is 2.91. The number of hydrogen-bond donors (Lipinski definition) is 0. The van der Waals surface area contributed by atoms with Gasteiger partial charge in [-0.2, -0.15) is 0 Å². The van der Waals surface area contributed by atoms with Crippen molar-refractivity contribution in [3.63, 3.8) is 0 Å². The molecule has 1 fully saturated rings. The highest BCUT2D eigenvalue weighted by molar-refractivity contribution is 8.18. The van der Waals surface area contributed by atoms with Crippen molar-refractivity contribution in [1.29, 1.82) is 0 Å². The van der Waals surface area contributed by atoms with Gasteiger partial charge in [0.05, 0.1) is 18.1 Å². The van der Waals surface area contributed by atoms with Crippen molar-refractivity contribution in [2.45, 2.75) is 13.8 Å². The van der Waals surface area contributed by atoms with Crippen LogP contribution in [0, 0.1) is 6.92 Å². The minimum Gasteiger partial charge on any atom is -0.493 e. The molecule has 1 saturated heterocycles. The lowest BCUT2D eigenvalue weighted by Crippen LogP contribution is -2.32. The van der Waals surface area contributed by atoms with Gasteiger partial charge >= 0.3 is 0 Å². The molecule has 0 spiro atoms. The number of hydrogen-bond acceptors (Lipinski definition) is 5. The smallest absolute Gasteiger partial charge is 0.293 e. The topological polar surface area (TPSA) is 55.8 Å². The van der Waals surface area contributed by atoms with Crippen molar-refractivity contribution < 1.29 is 19.1 Å². The standard InChI is InChI=1S/C21H20ClNO4S/c1-3-26-18-8-7-16(22)12-15(18)13-19-20(24)23(21(25)28-19)9-10-27-17-6-4-5-14(2)11-17/h4-8,11-13H,3,9-10H2,1-2H3/b19-13-. The highest BCUT2D eigenvalue weighted by atomic mass is 35.5. The molecule has 28 heavy (non-hydrogen) atoms. The molecule has 0 unspecified atom stereocenters. The van der Waals surface area contributed by atoms with Gasteiger partial charge in [0, 0.05) is 10.6 Å². The van der Waals surface area contributed by atoms with Crippen molar-refractivity contribution in [3.8, 4) is 11.5 Å². The lowest BCUT2D eigenvalue weighted by molar-refractivity contribution is -0.123. The number of carbonyl (C=O) groups excluding carboxylic acids is 2. The number of ether oxygens (including phenoxy) is 2. The van der Waals surface area contributed by atoms with Crippen LogP contribution in [0.25, 0.3) is 6.08 Å². The Morgan fingerprint density at radius 2 is 1.96 bits per heavy atom. The zero-order chi connectivity index (χ0) is 20.1. The molecule has 0 N–H and O–H groups in total. The van der Waals surface area contributed by atoms with Crippen molar-refractivity contribution in [1.82, 2.24) is 4.90 Å². The van der Waals surface area contributed by atoms with Gasteiger partial charge in [-0.05, 0) is 67.6 Å². The first-order valence-electron chi connectivity index (χ1n) is 8.85. The van der Waals surface area contributed by atoms with Crippen molar-refractivity contribution >= 4 is 40.6 Å². The molecule has 0 aromatic heterocycles. The van der Waals surface area contributed by atoms with E-state index in [2.05, 4.69) is 0 Å². The molecule has 146 valence electrons. The summed E-state index contributed by atoms with van der Waals surface area (Å²) in [7, 11) is 0. The predicted octanol–water partition coefficient (Wildman–Crippen LogP) is 5.16. The number of nitrogens with zero attached hydrogens (tertiary/aromatic N) is 1. The third-order valence-corrected chi connectivity index (χ3v) is 5.15. The normalized spacial score (nSPS) is 15.4. The first-order chi connectivity index (χ1) is 13.5. The molecule has 0 saturated carbocycles. The zero-order valence-electron chi connectivity index (χ0n) is 15.6. The highest BCUT2D eigenvalue weighted by Crippen LogP contribution is 2.34. The Bertz CT molecular complexity index is 928. The quantitative estimate of drug-likeness (QED) is 0.582. The van der Waals surface area contributed by atoms with E-state index < -0.39 is 0 Å². The minimum atomic E-state index is -0.342. The van der Waals surface area contributed by atoms with E-state index in [1.54, 1.807) is 24.3 Å². The Balaban J connectivity index is 1.69. The van der Waals surface area contributed by atoms with Crippen LogP contribution in [0.15, 0.2) is 47.4 Å². The number of amides is 2. The maximum absolute atomic E-state index is 12.7. The highest BCUT2D eigenvalue weighted by Gasteiger charge is 2.35. The summed E-state index contributed by atoms with van der Waals surface area (Å²) in [6, 6.07) is 12.8. The fourth-order valence-electron chi connectivity index (χ4n) is 2.71. The summed E-state index contributed by atoms with van der Waals surface area (Å²) in [6.07, 6.45) is 1.64. The molecule has 7 heteroatoms. The maximum atomic E-state index is 12.7. The molecular formula is C21H20ClNO4S. The molecule has 2 amide bonds. The zero-order valence-corrected chi connectivity index (χ0v) is 17.2. The Morgan fingerprint density at radius 1 is 1.14 bits per heavy atom. The summed E-state index contributed by atoms with van der Waals surface area (Å²) < 4.78 is 11.2. The summed E-state index contributed by atoms with van der Waals surface area (Å²) in [5.41, 5.74) is 1.74. The van der Waals surface area contributed by atoms with E-state index in [9.17, 15) is 9.59 Å². The first kappa shape index (κ1) is 20.3. The van der Waals surface area contributed by atoms with Gasteiger partial charge < -0.3 is 9.47 Å². The predicted molar refractivity (Wildman–Crippen MR) is 112 cm³/mol. The number of aryl methyl sites for hydroxylation is 1. The minimum absolute atomic E-state index is 0.184. The maximum Gasteiger partial charge on any atom is 0.293 e. The molecule has 1 heterocycles. The van der Waals surface area contributed by atoms with Crippen LogP contribution < -0.4 is 9.47 Å². The number of carbonyl (C=O) groups is 2. The molecule has 0 bridgehead atoms. The van der Waals surface area contributed by atoms with Crippen LogP contribution in [0.2, 0.25) is 5.02 Å². The van der Waals surface area contributed by atoms with Crippen LogP contribution in [0.1, 0.15) is 18.1 Å². The van der Waals surface area contributed by atoms with Gasteiger partial charge in [-0.15, -0.1) is 0 Å². The molecular weight excluding hydrogens is 398 g/mol. The van der Waals surface area contributed by atoms with Gasteiger partial charge in [0.25, 0.3) is 11.1 Å². The fourth-order valence-corrected chi connectivity index (χ4v) is 3.75. The third kappa shape index (κ3) is 4.88. The Hall–Kier alpha value is -2.44. The molecule has 2 aromatic carbocycles. The van der Waals surface area contributed by atoms with E-state index in [0.29, 0.717) is 33.6 Å². The largest absolute Gasteiger partial charge is 0.493 e. The van der Waals surface area contributed by atoms with Crippen LogP contribution in [0.4, 0.5) is 4.79 Å². The van der Waals surface area contributed by atoms with Crippen LogP contribution in [0.5, 0.6) is 11.5 Å². The Morgan fingerprint density at radius 3 is 2.71 bits per heavy atom. The summed E-state index contributed by atoms with van der Waals surface area (Å²) in [5.74, 6) is 0.981. The first-order valence-corrected chi connectivity index (χ1v) is 10.0. The van der Waals surface area contributed by atoms with E-state index >= 15 is 0 Å². The summed E-state index contributed by atoms with van der Waals surface area (Å²) in [5, 5.41) is 0.213. The molecule has 0 aliphatic carbocycles. The van der Waals surface area contributed by atoms with Crippen LogP contribution >= 0.6 is 23.4 Å². The molecule has 2 aromatic rings. The van der Waals surface area contributed by atoms with Crippen molar-refractivity contribution in [2.75, 3.05) is 19.8 Å². The second kappa shape index (κ2) is 9.17. The van der Waals surface area contributed by atoms with Gasteiger partial charge in [-0.25, -0.2) is 0 Å². The number of rotatable bonds is 7. The van der Waals surface area contributed by atoms with E-state index in [-0.39, 0.29) is 24.3 Å². The fraction of sp³-hybridized carbons (Fsp3) is 0.238. The lowest BCUT2D eigenvalue weighted by atomic mass is 10.2. The molecule has 1 aliphatic heterocycles. The molecule has 0 atom stereocenters. The summed E-state index contributed by atoms with van der Waals surface area (Å²) in [6.45, 7) is 4.75. The van der Waals surface area contributed by atoms with Crippen LogP contribution in [-0.4, -0.2) is 35.8 Å². The van der Waals surface area contributed by atoms with Crippen LogP contribution in [0.3, 0.4) is 0 Å². The Labute approximate surface area is 173 Å². The van der Waals surface area contributed by atoms with E-state index in [1.165, 1.54) is 4.90 Å². The van der Waals surface area contributed by atoms with Crippen molar-refractivity contribution in [3.05, 3.63) is 63.5 Å². The van der Waals surface area contributed by atoms with Gasteiger partial charge in [0.1, 0.15) is 18.1 Å². The molecule has 1 aliphatic rings. The summed E-state index contributed by atoms with van der Waals surface area (Å²) >= 11 is 6.97. The van der Waals surface area contributed by atoms with Crippen LogP contribution in [-0.2, 0) is 4.79 Å². The number of imide groups is 1. The SMILES string of the molecule is CCOc1ccc(Cl)cc1/C=C1\SC(=O)N(CCOc2cccc(C)c2)C1=O. The van der Waals surface area contributed by atoms with E-state index in [0.717, 1.165) is 17.3 Å². The van der Waals surface area contributed by atoms with E-state index in [1.807, 2.05) is 38.1 Å². The molecule has 3 rings (SSSR count). The van der Waals surface area contributed by atoms with Gasteiger partial charge in [-0.1, -0.05) is 23.7 Å².